The molecule has 2 rings (SSSR count). The zero-order chi connectivity index (χ0) is 18.6. The number of ether oxygens (including phenoxy) is 2. The van der Waals surface area contributed by atoms with Crippen LogP contribution < -0.4 is 5.32 Å². The quantitative estimate of drug-likeness (QED) is 0.881. The topological polar surface area (TPSA) is 50.8 Å². The lowest BCUT2D eigenvalue weighted by molar-refractivity contribution is 0.0252. The number of methoxy groups -OCH3 is 1. The molecule has 1 N–H and O–H groups in total. The molecule has 1 heterocycles. The minimum Gasteiger partial charge on any atom is -0.444 e. The van der Waals surface area contributed by atoms with E-state index in [1.807, 2.05) is 33.8 Å². The smallest absolute Gasteiger partial charge is 0.410 e. The molecule has 3 atom stereocenters. The Morgan fingerprint density at radius 1 is 1.36 bits per heavy atom. The van der Waals surface area contributed by atoms with Crippen LogP contribution in [0.3, 0.4) is 0 Å². The van der Waals surface area contributed by atoms with Crippen molar-refractivity contribution in [2.45, 2.75) is 57.9 Å². The molecule has 5 nitrogen and oxygen atoms in total. The number of hydrogen-bond donors (Lipinski definition) is 1. The van der Waals surface area contributed by atoms with Crippen LogP contribution in [0.1, 0.15) is 45.7 Å². The van der Waals surface area contributed by atoms with Crippen LogP contribution in [-0.4, -0.2) is 48.9 Å². The predicted molar refractivity (Wildman–Crippen MR) is 95.0 cm³/mol. The summed E-state index contributed by atoms with van der Waals surface area (Å²) in [4.78, 5) is 14.0. The maximum atomic E-state index is 14.1. The number of nitrogens with zero attached hydrogens (tertiary/aromatic N) is 1. The van der Waals surface area contributed by atoms with Gasteiger partial charge in [0.15, 0.2) is 0 Å². The van der Waals surface area contributed by atoms with Crippen molar-refractivity contribution in [3.63, 3.8) is 0 Å². The van der Waals surface area contributed by atoms with E-state index in [-0.39, 0.29) is 30.1 Å². The number of rotatable bonds is 5. The first-order valence-electron chi connectivity index (χ1n) is 8.76. The van der Waals surface area contributed by atoms with Crippen LogP contribution in [0.4, 0.5) is 9.18 Å². The van der Waals surface area contributed by atoms with Gasteiger partial charge in [0.05, 0.1) is 18.7 Å². The highest BCUT2D eigenvalue weighted by atomic mass is 19.1. The third kappa shape index (κ3) is 5.16. The molecule has 1 amide bonds. The summed E-state index contributed by atoms with van der Waals surface area (Å²) >= 11 is 0. The Balaban J connectivity index is 2.07. The molecule has 0 aliphatic carbocycles. The van der Waals surface area contributed by atoms with Crippen molar-refractivity contribution >= 4 is 6.09 Å². The summed E-state index contributed by atoms with van der Waals surface area (Å²) in [6.07, 6.45) is 0.228. The van der Waals surface area contributed by atoms with Gasteiger partial charge in [-0.05, 0) is 33.3 Å². The average Bonchev–Trinajstić information content (AvgIpc) is 2.95. The van der Waals surface area contributed by atoms with Gasteiger partial charge in [-0.25, -0.2) is 9.18 Å². The molecular weight excluding hydrogens is 323 g/mol. The van der Waals surface area contributed by atoms with E-state index in [4.69, 9.17) is 9.47 Å². The van der Waals surface area contributed by atoms with Gasteiger partial charge in [-0.1, -0.05) is 25.1 Å². The molecule has 1 aliphatic heterocycles. The summed E-state index contributed by atoms with van der Waals surface area (Å²) in [5.41, 5.74) is 0.0974. The van der Waals surface area contributed by atoms with E-state index >= 15 is 0 Å². The first-order valence-corrected chi connectivity index (χ1v) is 8.76. The van der Waals surface area contributed by atoms with Gasteiger partial charge in [0.1, 0.15) is 11.4 Å². The van der Waals surface area contributed by atoms with Gasteiger partial charge in [-0.3, -0.25) is 0 Å². The second-order valence-electron chi connectivity index (χ2n) is 7.41. The second kappa shape index (κ2) is 8.15. The lowest BCUT2D eigenvalue weighted by Gasteiger charge is -2.26. The van der Waals surface area contributed by atoms with Crippen molar-refractivity contribution < 1.29 is 18.7 Å². The van der Waals surface area contributed by atoms with Crippen LogP contribution in [0, 0.1) is 5.82 Å². The first-order chi connectivity index (χ1) is 11.7. The van der Waals surface area contributed by atoms with Gasteiger partial charge in [-0.2, -0.15) is 0 Å². The standard InChI is InChI=1S/C19H29FN2O3/c1-6-15(13-9-7-8-10-14(13)20)21-16-11-22(12-17(16)24-5)18(23)25-19(2,3)4/h7-10,15-17,21H,6,11-12H2,1-5H3/t15?,16?,17-/m0/s1. The number of carbonyl (C=O) groups is 1. The monoisotopic (exact) mass is 352 g/mol. The van der Waals surface area contributed by atoms with E-state index < -0.39 is 5.60 Å². The third-order valence-corrected chi connectivity index (χ3v) is 4.32. The number of likely N-dealkylation sites (tertiary alicyclic amines) is 1. The Morgan fingerprint density at radius 2 is 2.04 bits per heavy atom. The van der Waals surface area contributed by atoms with E-state index in [1.165, 1.54) is 6.07 Å². The zero-order valence-corrected chi connectivity index (χ0v) is 15.7. The predicted octanol–water partition coefficient (Wildman–Crippen LogP) is 3.50. The van der Waals surface area contributed by atoms with Crippen LogP contribution in [0.25, 0.3) is 0 Å². The molecule has 0 aromatic heterocycles. The molecule has 0 spiro atoms. The van der Waals surface area contributed by atoms with Crippen molar-refractivity contribution in [1.29, 1.82) is 0 Å². The Labute approximate surface area is 149 Å². The number of amides is 1. The van der Waals surface area contributed by atoms with Crippen molar-refractivity contribution in [2.24, 2.45) is 0 Å². The number of nitrogens with one attached hydrogen (secondary N) is 1. The minimum atomic E-state index is -0.537. The SMILES string of the molecule is CCC(NC1CN(C(=O)OC(C)(C)C)C[C@@H]1OC)c1ccccc1F. The molecule has 25 heavy (non-hydrogen) atoms. The van der Waals surface area contributed by atoms with Crippen molar-refractivity contribution in [3.8, 4) is 0 Å². The number of halogens is 1. The minimum absolute atomic E-state index is 0.0814. The van der Waals surface area contributed by atoms with Gasteiger partial charge in [-0.15, -0.1) is 0 Å². The lowest BCUT2D eigenvalue weighted by atomic mass is 10.0. The summed E-state index contributed by atoms with van der Waals surface area (Å²) in [5.74, 6) is -0.224. The van der Waals surface area contributed by atoms with Crippen LogP contribution in [0.2, 0.25) is 0 Å². The van der Waals surface area contributed by atoms with Crippen molar-refractivity contribution in [3.05, 3.63) is 35.6 Å². The Hall–Kier alpha value is -1.66. The number of benzene rings is 1. The Bertz CT molecular complexity index is 588. The van der Waals surface area contributed by atoms with Crippen molar-refractivity contribution in [1.82, 2.24) is 10.2 Å². The first kappa shape index (κ1) is 19.7. The maximum absolute atomic E-state index is 14.1. The summed E-state index contributed by atoms with van der Waals surface area (Å²) in [7, 11) is 1.63. The third-order valence-electron chi connectivity index (χ3n) is 4.32. The van der Waals surface area contributed by atoms with Gasteiger partial charge < -0.3 is 19.7 Å². The molecule has 1 aromatic rings. The molecule has 0 saturated carbocycles. The van der Waals surface area contributed by atoms with Gasteiger partial charge in [0.2, 0.25) is 0 Å². The average molecular weight is 352 g/mol. The number of carbonyl (C=O) groups excluding carboxylic acids is 1. The fourth-order valence-corrected chi connectivity index (χ4v) is 3.09. The summed E-state index contributed by atoms with van der Waals surface area (Å²) in [6.45, 7) is 8.46. The number of hydrogen-bond acceptors (Lipinski definition) is 4. The largest absolute Gasteiger partial charge is 0.444 e. The molecule has 1 aromatic carbocycles. The molecule has 2 unspecified atom stereocenters. The summed E-state index contributed by atoms with van der Waals surface area (Å²) in [5, 5.41) is 3.46. The highest BCUT2D eigenvalue weighted by molar-refractivity contribution is 5.68. The molecule has 1 aliphatic rings. The Morgan fingerprint density at radius 3 is 2.60 bits per heavy atom. The van der Waals surface area contributed by atoms with Crippen molar-refractivity contribution in [2.75, 3.05) is 20.2 Å². The van der Waals surface area contributed by atoms with E-state index in [1.54, 1.807) is 24.1 Å². The van der Waals surface area contributed by atoms with Gasteiger partial charge in [0.25, 0.3) is 0 Å². The van der Waals surface area contributed by atoms with Crippen LogP contribution in [0.15, 0.2) is 24.3 Å². The van der Waals surface area contributed by atoms with Gasteiger partial charge in [0, 0.05) is 25.3 Å². The normalized spacial score (nSPS) is 22.1. The fraction of sp³-hybridized carbons (Fsp3) is 0.632. The van der Waals surface area contributed by atoms with E-state index in [0.29, 0.717) is 18.7 Å². The molecule has 0 radical (unpaired) electrons. The zero-order valence-electron chi connectivity index (χ0n) is 15.7. The molecule has 6 heteroatoms. The maximum Gasteiger partial charge on any atom is 0.410 e. The van der Waals surface area contributed by atoms with E-state index in [0.717, 1.165) is 6.42 Å². The second-order valence-corrected chi connectivity index (χ2v) is 7.41. The van der Waals surface area contributed by atoms with E-state index in [9.17, 15) is 9.18 Å². The molecule has 0 bridgehead atoms. The molecule has 140 valence electrons. The van der Waals surface area contributed by atoms with Crippen LogP contribution in [0.5, 0.6) is 0 Å². The van der Waals surface area contributed by atoms with E-state index in [2.05, 4.69) is 5.32 Å². The summed E-state index contributed by atoms with van der Waals surface area (Å²) < 4.78 is 25.1. The summed E-state index contributed by atoms with van der Waals surface area (Å²) in [6, 6.07) is 6.56. The highest BCUT2D eigenvalue weighted by Gasteiger charge is 2.38. The molecular formula is C19H29FN2O3. The van der Waals surface area contributed by atoms with Crippen LogP contribution >= 0.6 is 0 Å². The lowest BCUT2D eigenvalue weighted by Crippen LogP contribution is -2.42. The highest BCUT2D eigenvalue weighted by Crippen LogP contribution is 2.24. The Kier molecular flexibility index (Phi) is 6.41. The fourth-order valence-electron chi connectivity index (χ4n) is 3.09. The molecule has 1 fully saturated rings. The van der Waals surface area contributed by atoms with Crippen LogP contribution in [-0.2, 0) is 9.47 Å². The molecule has 1 saturated heterocycles. The van der Waals surface area contributed by atoms with Gasteiger partial charge >= 0.3 is 6.09 Å².